The fourth-order valence-corrected chi connectivity index (χ4v) is 3.08. The zero-order valence-corrected chi connectivity index (χ0v) is 15.2. The second-order valence-corrected chi connectivity index (χ2v) is 6.26. The van der Waals surface area contributed by atoms with Crippen molar-refractivity contribution in [2.75, 3.05) is 7.11 Å². The Morgan fingerprint density at radius 1 is 1.27 bits per heavy atom. The van der Waals surface area contributed by atoms with E-state index in [1.165, 1.54) is 13.2 Å². The highest BCUT2D eigenvalue weighted by Gasteiger charge is 2.15. The smallest absolute Gasteiger partial charge is 0.189 e. The Hall–Kier alpha value is -2.69. The van der Waals surface area contributed by atoms with Crippen LogP contribution in [0.2, 0.25) is 5.15 Å². The molecule has 0 aliphatic rings. The number of nitrogens with zero attached hydrogens (tertiary/aromatic N) is 1. The molecule has 0 atom stereocenters. The highest BCUT2D eigenvalue weighted by molar-refractivity contribution is 6.31. The molecule has 0 saturated carbocycles. The molecule has 0 aliphatic carbocycles. The summed E-state index contributed by atoms with van der Waals surface area (Å²) >= 11 is 6.24. The number of hydrogen-bond acceptors (Lipinski definition) is 4. The maximum atomic E-state index is 12.7. The fraction of sp³-hybridized carbons (Fsp3) is 0.143. The number of carbonyl (C=O) groups excluding carboxylic acids is 1. The standard InChI is InChI=1S/C21H18ClNO3/c1-13-9-14(12-24)10-19(26-2)20(13)18(25)8-7-16-11-15-5-3-4-6-17(15)23-21(16)22/h3-11,24H,12H2,1-2H3/b8-7+. The predicted octanol–water partition coefficient (Wildman–Crippen LogP) is 4.59. The van der Waals surface area contributed by atoms with Crippen LogP contribution in [0.25, 0.3) is 17.0 Å². The van der Waals surface area contributed by atoms with Crippen molar-refractivity contribution in [2.45, 2.75) is 13.5 Å². The largest absolute Gasteiger partial charge is 0.496 e. The summed E-state index contributed by atoms with van der Waals surface area (Å²) in [6.45, 7) is 1.70. The van der Waals surface area contributed by atoms with E-state index in [0.717, 1.165) is 16.5 Å². The van der Waals surface area contributed by atoms with Crippen LogP contribution in [0.3, 0.4) is 0 Å². The van der Waals surface area contributed by atoms with E-state index in [0.29, 0.717) is 27.6 Å². The molecule has 1 N–H and O–H groups in total. The number of methoxy groups -OCH3 is 1. The molecule has 0 radical (unpaired) electrons. The summed E-state index contributed by atoms with van der Waals surface area (Å²) < 4.78 is 5.32. The van der Waals surface area contributed by atoms with Crippen molar-refractivity contribution in [1.82, 2.24) is 4.98 Å². The monoisotopic (exact) mass is 367 g/mol. The first kappa shape index (κ1) is 18.1. The molecular formula is C21H18ClNO3. The van der Waals surface area contributed by atoms with E-state index in [4.69, 9.17) is 16.3 Å². The molecule has 3 rings (SSSR count). The second kappa shape index (κ2) is 7.68. The molecular weight excluding hydrogens is 350 g/mol. The van der Waals surface area contributed by atoms with E-state index in [2.05, 4.69) is 4.98 Å². The molecule has 0 unspecified atom stereocenters. The van der Waals surface area contributed by atoms with Gasteiger partial charge in [0.2, 0.25) is 0 Å². The Morgan fingerprint density at radius 3 is 2.77 bits per heavy atom. The van der Waals surface area contributed by atoms with Gasteiger partial charge in [-0.1, -0.05) is 35.9 Å². The van der Waals surface area contributed by atoms with Crippen molar-refractivity contribution in [1.29, 1.82) is 0 Å². The number of halogens is 1. The third-order valence-corrected chi connectivity index (χ3v) is 4.43. The van der Waals surface area contributed by atoms with Crippen LogP contribution in [0.1, 0.15) is 27.0 Å². The average Bonchev–Trinajstić information content (AvgIpc) is 2.65. The van der Waals surface area contributed by atoms with Gasteiger partial charge in [-0.25, -0.2) is 4.98 Å². The third kappa shape index (κ3) is 3.62. The first-order valence-electron chi connectivity index (χ1n) is 8.09. The highest BCUT2D eigenvalue weighted by Crippen LogP contribution is 2.26. The normalized spacial score (nSPS) is 11.2. The molecule has 3 aromatic rings. The first-order valence-corrected chi connectivity index (χ1v) is 8.47. The van der Waals surface area contributed by atoms with Gasteiger partial charge in [0.05, 0.1) is 24.8 Å². The molecule has 4 nitrogen and oxygen atoms in total. The summed E-state index contributed by atoms with van der Waals surface area (Å²) in [5, 5.41) is 10.6. The van der Waals surface area contributed by atoms with E-state index in [-0.39, 0.29) is 12.4 Å². The maximum Gasteiger partial charge on any atom is 0.189 e. The van der Waals surface area contributed by atoms with E-state index >= 15 is 0 Å². The lowest BCUT2D eigenvalue weighted by Crippen LogP contribution is -2.03. The summed E-state index contributed by atoms with van der Waals surface area (Å²) in [7, 11) is 1.50. The Labute approximate surface area is 156 Å². The number of fused-ring (bicyclic) bond motifs is 1. The summed E-state index contributed by atoms with van der Waals surface area (Å²) in [5.41, 5.74) is 3.37. The number of aliphatic hydroxyl groups is 1. The number of allylic oxidation sites excluding steroid dienone is 1. The number of hydrogen-bond donors (Lipinski definition) is 1. The number of ether oxygens (including phenoxy) is 1. The van der Waals surface area contributed by atoms with Crippen LogP contribution >= 0.6 is 11.6 Å². The van der Waals surface area contributed by atoms with Crippen LogP contribution in [0, 0.1) is 6.92 Å². The SMILES string of the molecule is COc1cc(CO)cc(C)c1C(=O)/C=C/c1cc2ccccc2nc1Cl. The molecule has 0 aliphatic heterocycles. The average molecular weight is 368 g/mol. The minimum atomic E-state index is -0.201. The topological polar surface area (TPSA) is 59.4 Å². The number of benzene rings is 2. The third-order valence-electron chi connectivity index (χ3n) is 4.13. The summed E-state index contributed by atoms with van der Waals surface area (Å²) in [4.78, 5) is 17.1. The number of aryl methyl sites for hydroxylation is 1. The lowest BCUT2D eigenvalue weighted by molar-refractivity contribution is 0.104. The minimum Gasteiger partial charge on any atom is -0.496 e. The van der Waals surface area contributed by atoms with E-state index in [1.807, 2.05) is 37.3 Å². The molecule has 0 fully saturated rings. The van der Waals surface area contributed by atoms with Crippen LogP contribution in [0.5, 0.6) is 5.75 Å². The van der Waals surface area contributed by atoms with Gasteiger partial charge in [-0.05, 0) is 48.4 Å². The zero-order valence-electron chi connectivity index (χ0n) is 14.5. The fourth-order valence-electron chi connectivity index (χ4n) is 2.87. The lowest BCUT2D eigenvalue weighted by atomic mass is 9.99. The van der Waals surface area contributed by atoms with Gasteiger partial charge in [0.1, 0.15) is 10.9 Å². The Balaban J connectivity index is 1.97. The molecule has 1 heterocycles. The van der Waals surface area contributed by atoms with Crippen molar-refractivity contribution in [3.05, 3.63) is 75.9 Å². The van der Waals surface area contributed by atoms with Crippen LogP contribution < -0.4 is 4.74 Å². The molecule has 2 aromatic carbocycles. The van der Waals surface area contributed by atoms with E-state index < -0.39 is 0 Å². The molecule has 1 aromatic heterocycles. The van der Waals surface area contributed by atoms with Gasteiger partial charge in [0.15, 0.2) is 5.78 Å². The lowest BCUT2D eigenvalue weighted by Gasteiger charge is -2.11. The first-order chi connectivity index (χ1) is 12.5. The van der Waals surface area contributed by atoms with Gasteiger partial charge in [0, 0.05) is 10.9 Å². The number of rotatable bonds is 5. The van der Waals surface area contributed by atoms with E-state index in [1.54, 1.807) is 18.2 Å². The van der Waals surface area contributed by atoms with Crippen molar-refractivity contribution in [2.24, 2.45) is 0 Å². The number of carbonyl (C=O) groups is 1. The number of aliphatic hydroxyl groups excluding tert-OH is 1. The predicted molar refractivity (Wildman–Crippen MR) is 104 cm³/mol. The van der Waals surface area contributed by atoms with Crippen molar-refractivity contribution in [3.63, 3.8) is 0 Å². The maximum absolute atomic E-state index is 12.7. The molecule has 26 heavy (non-hydrogen) atoms. The zero-order chi connectivity index (χ0) is 18.7. The quantitative estimate of drug-likeness (QED) is 0.407. The second-order valence-electron chi connectivity index (χ2n) is 5.91. The van der Waals surface area contributed by atoms with Crippen LogP contribution in [0.4, 0.5) is 0 Å². The van der Waals surface area contributed by atoms with Gasteiger partial charge in [-0.15, -0.1) is 0 Å². The highest BCUT2D eigenvalue weighted by atomic mass is 35.5. The van der Waals surface area contributed by atoms with Crippen LogP contribution in [-0.2, 0) is 6.61 Å². The van der Waals surface area contributed by atoms with Crippen molar-refractivity contribution >= 4 is 34.4 Å². The van der Waals surface area contributed by atoms with Gasteiger partial charge < -0.3 is 9.84 Å². The number of para-hydroxylation sites is 1. The Kier molecular flexibility index (Phi) is 5.35. The van der Waals surface area contributed by atoms with Crippen LogP contribution in [-0.4, -0.2) is 23.0 Å². The summed E-state index contributed by atoms with van der Waals surface area (Å²) in [6.07, 6.45) is 3.12. The summed E-state index contributed by atoms with van der Waals surface area (Å²) in [5.74, 6) is 0.236. The van der Waals surface area contributed by atoms with Gasteiger partial charge in [-0.3, -0.25) is 4.79 Å². The summed E-state index contributed by atoms with van der Waals surface area (Å²) in [6, 6.07) is 13.0. The molecule has 0 spiro atoms. The molecule has 0 saturated heterocycles. The molecule has 132 valence electrons. The van der Waals surface area contributed by atoms with Crippen molar-refractivity contribution < 1.29 is 14.6 Å². The van der Waals surface area contributed by atoms with Crippen molar-refractivity contribution in [3.8, 4) is 5.75 Å². The van der Waals surface area contributed by atoms with Crippen LogP contribution in [0.15, 0.2) is 48.5 Å². The molecule has 0 bridgehead atoms. The van der Waals surface area contributed by atoms with Gasteiger partial charge in [0.25, 0.3) is 0 Å². The molecule has 5 heteroatoms. The Bertz CT molecular complexity index is 1010. The number of ketones is 1. The van der Waals surface area contributed by atoms with Gasteiger partial charge in [-0.2, -0.15) is 0 Å². The number of pyridine rings is 1. The minimum absolute atomic E-state index is 0.111. The Morgan fingerprint density at radius 2 is 2.04 bits per heavy atom. The van der Waals surface area contributed by atoms with E-state index in [9.17, 15) is 9.90 Å². The number of aromatic nitrogens is 1. The van der Waals surface area contributed by atoms with Gasteiger partial charge >= 0.3 is 0 Å². The molecule has 0 amide bonds.